The summed E-state index contributed by atoms with van der Waals surface area (Å²) in [7, 11) is 0. The third-order valence-corrected chi connectivity index (χ3v) is 2.04. The smallest absolute Gasteiger partial charge is 0.223 e. The van der Waals surface area contributed by atoms with Gasteiger partial charge in [0.05, 0.1) is 12.4 Å². The van der Waals surface area contributed by atoms with Crippen LogP contribution in [0.4, 0.5) is 0 Å². The molecule has 1 saturated carbocycles. The maximum absolute atomic E-state index is 11.1. The van der Waals surface area contributed by atoms with Gasteiger partial charge in [-0.3, -0.25) is 9.79 Å². The van der Waals surface area contributed by atoms with Crippen LogP contribution in [0.2, 0.25) is 0 Å². The van der Waals surface area contributed by atoms with Crippen LogP contribution < -0.4 is 11.1 Å². The summed E-state index contributed by atoms with van der Waals surface area (Å²) in [5.41, 5.74) is 5.50. The Hall–Kier alpha value is -1.06. The SMILES string of the molecule is CCC(N)=NCCNC(=O)C1CC1. The summed E-state index contributed by atoms with van der Waals surface area (Å²) in [6.45, 7) is 3.16. The summed E-state index contributed by atoms with van der Waals surface area (Å²) < 4.78 is 0. The zero-order valence-electron chi connectivity index (χ0n) is 8.05. The van der Waals surface area contributed by atoms with Crippen molar-refractivity contribution in [1.29, 1.82) is 0 Å². The number of hydrogen-bond donors (Lipinski definition) is 2. The molecule has 74 valence electrons. The molecule has 0 bridgehead atoms. The number of rotatable bonds is 5. The number of nitrogens with one attached hydrogen (secondary N) is 1. The normalized spacial score (nSPS) is 17.2. The van der Waals surface area contributed by atoms with Crippen molar-refractivity contribution in [3.8, 4) is 0 Å². The lowest BCUT2D eigenvalue weighted by molar-refractivity contribution is -0.122. The molecule has 0 heterocycles. The van der Waals surface area contributed by atoms with Gasteiger partial charge in [-0.05, 0) is 12.8 Å². The third-order valence-electron chi connectivity index (χ3n) is 2.04. The van der Waals surface area contributed by atoms with Gasteiger partial charge in [0.15, 0.2) is 0 Å². The first-order valence-electron chi connectivity index (χ1n) is 4.80. The van der Waals surface area contributed by atoms with E-state index in [4.69, 9.17) is 5.73 Å². The topological polar surface area (TPSA) is 67.5 Å². The van der Waals surface area contributed by atoms with Crippen molar-refractivity contribution < 1.29 is 4.79 Å². The van der Waals surface area contributed by atoms with Gasteiger partial charge < -0.3 is 11.1 Å². The van der Waals surface area contributed by atoms with Crippen molar-refractivity contribution in [3.63, 3.8) is 0 Å². The van der Waals surface area contributed by atoms with Gasteiger partial charge in [-0.1, -0.05) is 6.92 Å². The minimum absolute atomic E-state index is 0.172. The van der Waals surface area contributed by atoms with Crippen LogP contribution in [0.5, 0.6) is 0 Å². The van der Waals surface area contributed by atoms with Gasteiger partial charge in [0.1, 0.15) is 0 Å². The molecule has 1 fully saturated rings. The Morgan fingerprint density at radius 1 is 1.62 bits per heavy atom. The highest BCUT2D eigenvalue weighted by Gasteiger charge is 2.28. The zero-order chi connectivity index (χ0) is 9.68. The predicted molar refractivity (Wildman–Crippen MR) is 52.5 cm³/mol. The van der Waals surface area contributed by atoms with E-state index >= 15 is 0 Å². The molecule has 13 heavy (non-hydrogen) atoms. The lowest BCUT2D eigenvalue weighted by Gasteiger charge is -2.01. The first-order valence-corrected chi connectivity index (χ1v) is 4.80. The van der Waals surface area contributed by atoms with Crippen LogP contribution in [0.1, 0.15) is 26.2 Å². The lowest BCUT2D eigenvalue weighted by atomic mass is 10.4. The van der Waals surface area contributed by atoms with Gasteiger partial charge >= 0.3 is 0 Å². The van der Waals surface area contributed by atoms with Gasteiger partial charge in [0.2, 0.25) is 5.91 Å². The summed E-state index contributed by atoms with van der Waals surface area (Å²) in [6, 6.07) is 0. The van der Waals surface area contributed by atoms with Crippen LogP contribution >= 0.6 is 0 Å². The van der Waals surface area contributed by atoms with Gasteiger partial charge in [-0.2, -0.15) is 0 Å². The molecule has 1 aliphatic rings. The van der Waals surface area contributed by atoms with E-state index in [9.17, 15) is 4.79 Å². The monoisotopic (exact) mass is 183 g/mol. The standard InChI is InChI=1S/C9H17N3O/c1-2-8(10)11-5-6-12-9(13)7-3-4-7/h7H,2-6H2,1H3,(H2,10,11)(H,12,13). The molecule has 1 aliphatic carbocycles. The summed E-state index contributed by atoms with van der Waals surface area (Å²) in [5, 5.41) is 2.82. The Morgan fingerprint density at radius 3 is 2.85 bits per heavy atom. The summed E-state index contributed by atoms with van der Waals surface area (Å²) in [4.78, 5) is 15.2. The van der Waals surface area contributed by atoms with E-state index in [1.54, 1.807) is 0 Å². The van der Waals surface area contributed by atoms with Crippen molar-refractivity contribution in [2.24, 2.45) is 16.6 Å². The largest absolute Gasteiger partial charge is 0.387 e. The molecule has 1 amide bonds. The number of nitrogens with two attached hydrogens (primary N) is 1. The maximum Gasteiger partial charge on any atom is 0.223 e. The highest BCUT2D eigenvalue weighted by molar-refractivity contribution is 5.81. The molecule has 0 radical (unpaired) electrons. The lowest BCUT2D eigenvalue weighted by Crippen LogP contribution is -2.27. The van der Waals surface area contributed by atoms with Crippen molar-refractivity contribution in [1.82, 2.24) is 5.32 Å². The Kier molecular flexibility index (Phi) is 3.73. The highest BCUT2D eigenvalue weighted by Crippen LogP contribution is 2.28. The second kappa shape index (κ2) is 4.84. The van der Waals surface area contributed by atoms with Crippen molar-refractivity contribution in [3.05, 3.63) is 0 Å². The molecule has 0 spiro atoms. The Balaban J connectivity index is 2.03. The van der Waals surface area contributed by atoms with Gasteiger partial charge in [0.25, 0.3) is 0 Å². The molecule has 0 unspecified atom stereocenters. The second-order valence-electron chi connectivity index (χ2n) is 3.29. The van der Waals surface area contributed by atoms with E-state index in [1.165, 1.54) is 0 Å². The van der Waals surface area contributed by atoms with Gasteiger partial charge in [0, 0.05) is 18.9 Å². The first-order chi connectivity index (χ1) is 6.24. The minimum Gasteiger partial charge on any atom is -0.387 e. The first kappa shape index (κ1) is 10.0. The van der Waals surface area contributed by atoms with E-state index in [0.717, 1.165) is 19.3 Å². The molecule has 0 aromatic carbocycles. The molecule has 0 saturated heterocycles. The molecule has 0 aromatic rings. The molecule has 4 nitrogen and oxygen atoms in total. The fraction of sp³-hybridized carbons (Fsp3) is 0.778. The summed E-state index contributed by atoms with van der Waals surface area (Å²) >= 11 is 0. The van der Waals surface area contributed by atoms with E-state index in [2.05, 4.69) is 10.3 Å². The molecule has 3 N–H and O–H groups in total. The van der Waals surface area contributed by atoms with Crippen LogP contribution in [-0.4, -0.2) is 24.8 Å². The van der Waals surface area contributed by atoms with Crippen molar-refractivity contribution >= 4 is 11.7 Å². The Morgan fingerprint density at radius 2 is 2.31 bits per heavy atom. The Bertz CT molecular complexity index is 209. The fourth-order valence-electron chi connectivity index (χ4n) is 0.980. The van der Waals surface area contributed by atoms with E-state index in [-0.39, 0.29) is 11.8 Å². The number of amidine groups is 1. The van der Waals surface area contributed by atoms with Gasteiger partial charge in [-0.15, -0.1) is 0 Å². The third kappa shape index (κ3) is 3.92. The number of aliphatic imine (C=N–C) groups is 1. The van der Waals surface area contributed by atoms with Crippen LogP contribution in [-0.2, 0) is 4.79 Å². The highest BCUT2D eigenvalue weighted by atomic mass is 16.2. The summed E-state index contributed by atoms with van der Waals surface area (Å²) in [5.74, 6) is 1.11. The van der Waals surface area contributed by atoms with Crippen LogP contribution in [0.3, 0.4) is 0 Å². The minimum atomic E-state index is 0.172. The average molecular weight is 183 g/mol. The van der Waals surface area contributed by atoms with E-state index in [1.807, 2.05) is 6.92 Å². The molecule has 0 atom stereocenters. The molecule has 0 aromatic heterocycles. The van der Waals surface area contributed by atoms with Crippen LogP contribution in [0.15, 0.2) is 4.99 Å². The number of carbonyl (C=O) groups excluding carboxylic acids is 1. The molecule has 1 rings (SSSR count). The number of hydrogen-bond acceptors (Lipinski definition) is 2. The van der Waals surface area contributed by atoms with Gasteiger partial charge in [-0.25, -0.2) is 0 Å². The fourth-order valence-corrected chi connectivity index (χ4v) is 0.980. The quantitative estimate of drug-likeness (QED) is 0.365. The number of amides is 1. The zero-order valence-corrected chi connectivity index (χ0v) is 8.05. The van der Waals surface area contributed by atoms with E-state index in [0.29, 0.717) is 18.9 Å². The Labute approximate surface area is 78.6 Å². The number of nitrogens with zero attached hydrogens (tertiary/aromatic N) is 1. The summed E-state index contributed by atoms with van der Waals surface area (Å²) in [6.07, 6.45) is 2.87. The molecular formula is C9H17N3O. The van der Waals surface area contributed by atoms with Crippen molar-refractivity contribution in [2.75, 3.05) is 13.1 Å². The number of carbonyl (C=O) groups is 1. The molecular weight excluding hydrogens is 166 g/mol. The second-order valence-corrected chi connectivity index (χ2v) is 3.29. The average Bonchev–Trinajstić information content (AvgIpc) is 2.94. The van der Waals surface area contributed by atoms with Crippen molar-refractivity contribution in [2.45, 2.75) is 26.2 Å². The predicted octanol–water partition coefficient (Wildman–Crippen LogP) is 0.280. The van der Waals surface area contributed by atoms with E-state index < -0.39 is 0 Å². The molecule has 4 heteroatoms. The molecule has 0 aliphatic heterocycles. The van der Waals surface area contributed by atoms with Crippen LogP contribution in [0.25, 0.3) is 0 Å². The maximum atomic E-state index is 11.1. The van der Waals surface area contributed by atoms with Crippen LogP contribution in [0, 0.1) is 5.92 Å².